The first-order valence-electron chi connectivity index (χ1n) is 6.55. The highest BCUT2D eigenvalue weighted by Crippen LogP contribution is 2.52. The van der Waals surface area contributed by atoms with Crippen LogP contribution in [0, 0.1) is 11.7 Å². The maximum absolute atomic E-state index is 13.0. The molecule has 1 aliphatic carbocycles. The highest BCUT2D eigenvalue weighted by Gasteiger charge is 2.58. The average molecular weight is 304 g/mol. The Morgan fingerprint density at radius 2 is 1.57 bits per heavy atom. The molecule has 5 heteroatoms. The normalized spacial score (nSPS) is 24.5. The lowest BCUT2D eigenvalue weighted by atomic mass is 10.1. The number of carbonyl (C=O) groups excluding carboxylic acids is 1. The lowest BCUT2D eigenvalue weighted by molar-refractivity contribution is -0.108. The Hall–Kier alpha value is -2.01. The highest BCUT2D eigenvalue weighted by atomic mass is 32.2. The van der Waals surface area contributed by atoms with Crippen LogP contribution in [0.5, 0.6) is 0 Å². The Kier molecular flexibility index (Phi) is 3.37. The Labute approximate surface area is 122 Å². The van der Waals surface area contributed by atoms with Crippen molar-refractivity contribution in [3.63, 3.8) is 0 Å². The zero-order chi connectivity index (χ0) is 15.0. The van der Waals surface area contributed by atoms with Crippen molar-refractivity contribution in [2.75, 3.05) is 0 Å². The summed E-state index contributed by atoms with van der Waals surface area (Å²) < 4.78 is 38.1. The van der Waals surface area contributed by atoms with Crippen LogP contribution < -0.4 is 0 Å². The van der Waals surface area contributed by atoms with Crippen molar-refractivity contribution in [2.45, 2.75) is 16.1 Å². The molecule has 1 saturated carbocycles. The summed E-state index contributed by atoms with van der Waals surface area (Å²) in [5.41, 5.74) is 0.679. The first kappa shape index (κ1) is 13.9. The minimum atomic E-state index is -3.56. The van der Waals surface area contributed by atoms with Gasteiger partial charge in [0.2, 0.25) is 0 Å². The van der Waals surface area contributed by atoms with Crippen LogP contribution in [0.3, 0.4) is 0 Å². The van der Waals surface area contributed by atoms with Crippen molar-refractivity contribution in [3.8, 4) is 0 Å². The SMILES string of the molecule is O=C[C@@H]1[C@@H](c2ccc(F)cc2)[C@@H]1S(=O)(=O)c1ccccc1. The third kappa shape index (κ3) is 2.38. The Balaban J connectivity index is 1.96. The van der Waals surface area contributed by atoms with Crippen molar-refractivity contribution in [1.82, 2.24) is 0 Å². The van der Waals surface area contributed by atoms with Gasteiger partial charge in [0.15, 0.2) is 9.84 Å². The number of hydrogen-bond donors (Lipinski definition) is 0. The van der Waals surface area contributed by atoms with Crippen molar-refractivity contribution in [2.24, 2.45) is 5.92 Å². The van der Waals surface area contributed by atoms with E-state index >= 15 is 0 Å². The minimum Gasteiger partial charge on any atom is -0.303 e. The average Bonchev–Trinajstić information content (AvgIpc) is 3.24. The van der Waals surface area contributed by atoms with Crippen molar-refractivity contribution < 1.29 is 17.6 Å². The summed E-state index contributed by atoms with van der Waals surface area (Å²) in [6, 6.07) is 13.7. The number of benzene rings is 2. The molecule has 1 fully saturated rings. The maximum Gasteiger partial charge on any atom is 0.182 e. The summed E-state index contributed by atoms with van der Waals surface area (Å²) in [5, 5.41) is -0.761. The predicted molar refractivity (Wildman–Crippen MR) is 76.1 cm³/mol. The molecule has 3 rings (SSSR count). The van der Waals surface area contributed by atoms with Gasteiger partial charge in [-0.05, 0) is 29.8 Å². The van der Waals surface area contributed by atoms with Gasteiger partial charge in [-0.1, -0.05) is 30.3 Å². The smallest absolute Gasteiger partial charge is 0.182 e. The van der Waals surface area contributed by atoms with Gasteiger partial charge in [-0.3, -0.25) is 0 Å². The molecule has 0 unspecified atom stereocenters. The van der Waals surface area contributed by atoms with Crippen molar-refractivity contribution in [3.05, 3.63) is 66.0 Å². The molecule has 0 aliphatic heterocycles. The molecule has 0 heterocycles. The Morgan fingerprint density at radius 3 is 2.14 bits per heavy atom. The Bertz CT molecular complexity index is 754. The standard InChI is InChI=1S/C16H13FO3S/c17-12-8-6-11(7-9-12)15-14(10-18)16(15)21(19,20)13-4-2-1-3-5-13/h1-10,14-16H/t14-,15-,16-/m1/s1. The van der Waals surface area contributed by atoms with E-state index in [1.165, 1.54) is 36.4 Å². The second kappa shape index (κ2) is 5.07. The number of rotatable bonds is 4. The second-order valence-corrected chi connectivity index (χ2v) is 7.22. The van der Waals surface area contributed by atoms with Gasteiger partial charge in [0.25, 0.3) is 0 Å². The molecule has 2 aromatic carbocycles. The first-order chi connectivity index (χ1) is 10.1. The first-order valence-corrected chi connectivity index (χ1v) is 8.10. The van der Waals surface area contributed by atoms with Crippen LogP contribution in [0.4, 0.5) is 4.39 Å². The second-order valence-electron chi connectivity index (χ2n) is 5.11. The molecule has 0 radical (unpaired) electrons. The fraction of sp³-hybridized carbons (Fsp3) is 0.188. The van der Waals surface area contributed by atoms with Gasteiger partial charge in [0.05, 0.1) is 10.1 Å². The Morgan fingerprint density at radius 1 is 0.952 bits per heavy atom. The van der Waals surface area contributed by atoms with Crippen LogP contribution in [-0.2, 0) is 14.6 Å². The molecule has 0 N–H and O–H groups in total. The van der Waals surface area contributed by atoms with E-state index in [0.717, 1.165) is 0 Å². The summed E-state index contributed by atoms with van der Waals surface area (Å²) >= 11 is 0. The summed E-state index contributed by atoms with van der Waals surface area (Å²) in [4.78, 5) is 11.4. The molecule has 0 saturated heterocycles. The monoisotopic (exact) mass is 304 g/mol. The molecule has 0 bridgehead atoms. The summed E-state index contributed by atoms with van der Waals surface area (Å²) in [6.07, 6.45) is 0.680. The van der Waals surface area contributed by atoms with Crippen molar-refractivity contribution >= 4 is 16.1 Å². The highest BCUT2D eigenvalue weighted by molar-refractivity contribution is 7.92. The molecule has 3 atom stereocenters. The van der Waals surface area contributed by atoms with Gasteiger partial charge < -0.3 is 4.79 Å². The van der Waals surface area contributed by atoms with Gasteiger partial charge in [-0.2, -0.15) is 0 Å². The van der Waals surface area contributed by atoms with E-state index in [1.807, 2.05) is 0 Å². The number of halogens is 1. The van der Waals surface area contributed by atoms with Crippen LogP contribution in [0.15, 0.2) is 59.5 Å². The number of aldehydes is 1. The maximum atomic E-state index is 13.0. The minimum absolute atomic E-state index is 0.214. The van der Waals surface area contributed by atoms with E-state index in [2.05, 4.69) is 0 Å². The van der Waals surface area contributed by atoms with Crippen LogP contribution in [0.1, 0.15) is 11.5 Å². The fourth-order valence-corrected chi connectivity index (χ4v) is 4.86. The zero-order valence-electron chi connectivity index (χ0n) is 11.0. The summed E-state index contributed by atoms with van der Waals surface area (Å²) in [6.45, 7) is 0. The molecular formula is C16H13FO3S. The molecule has 2 aromatic rings. The van der Waals surface area contributed by atoms with E-state index in [4.69, 9.17) is 0 Å². The van der Waals surface area contributed by atoms with Gasteiger partial charge in [0.1, 0.15) is 12.1 Å². The third-order valence-corrected chi connectivity index (χ3v) is 6.10. The van der Waals surface area contributed by atoms with Crippen LogP contribution >= 0.6 is 0 Å². The van der Waals surface area contributed by atoms with E-state index in [-0.39, 0.29) is 10.7 Å². The molecule has 0 spiro atoms. The van der Waals surface area contributed by atoms with Crippen molar-refractivity contribution in [1.29, 1.82) is 0 Å². The predicted octanol–water partition coefficient (Wildman–Crippen LogP) is 2.58. The quantitative estimate of drug-likeness (QED) is 0.816. The van der Waals surface area contributed by atoms with Crippen LogP contribution in [-0.4, -0.2) is 20.0 Å². The number of hydrogen-bond acceptors (Lipinski definition) is 3. The molecule has 1 aliphatic rings. The molecule has 108 valence electrons. The molecule has 3 nitrogen and oxygen atoms in total. The van der Waals surface area contributed by atoms with Gasteiger partial charge in [-0.15, -0.1) is 0 Å². The van der Waals surface area contributed by atoms with Crippen LogP contribution in [0.2, 0.25) is 0 Å². The van der Waals surface area contributed by atoms with E-state index in [1.54, 1.807) is 18.2 Å². The van der Waals surface area contributed by atoms with E-state index < -0.39 is 26.9 Å². The van der Waals surface area contributed by atoms with Crippen LogP contribution in [0.25, 0.3) is 0 Å². The van der Waals surface area contributed by atoms with E-state index in [0.29, 0.717) is 11.8 Å². The summed E-state index contributed by atoms with van der Waals surface area (Å²) in [5.74, 6) is -1.35. The summed E-state index contributed by atoms with van der Waals surface area (Å²) in [7, 11) is -3.56. The van der Waals surface area contributed by atoms with Gasteiger partial charge in [-0.25, -0.2) is 12.8 Å². The molecule has 0 amide bonds. The topological polar surface area (TPSA) is 51.2 Å². The zero-order valence-corrected chi connectivity index (χ0v) is 11.8. The van der Waals surface area contributed by atoms with Gasteiger partial charge >= 0.3 is 0 Å². The fourth-order valence-electron chi connectivity index (χ4n) is 2.73. The lowest BCUT2D eigenvalue weighted by Gasteiger charge is -2.03. The number of carbonyl (C=O) groups is 1. The lowest BCUT2D eigenvalue weighted by Crippen LogP contribution is -2.10. The number of sulfone groups is 1. The van der Waals surface area contributed by atoms with E-state index in [9.17, 15) is 17.6 Å². The third-order valence-electron chi connectivity index (χ3n) is 3.85. The molecule has 21 heavy (non-hydrogen) atoms. The molecular weight excluding hydrogens is 291 g/mol. The van der Waals surface area contributed by atoms with Gasteiger partial charge in [0, 0.05) is 11.8 Å². The molecule has 0 aromatic heterocycles. The largest absolute Gasteiger partial charge is 0.303 e.